The number of nitrogens with zero attached hydrogens (tertiary/aromatic N) is 3. The lowest BCUT2D eigenvalue weighted by atomic mass is 10.1. The SMILES string of the molecule is COC(=O)c1cc(-c2cn(Cc3cccc(F)c3)c3ccccc23)n(Cc2cccc(F)c2)n1. The van der Waals surface area contributed by atoms with Gasteiger partial charge in [-0.05, 0) is 47.5 Å². The Morgan fingerprint density at radius 3 is 2.24 bits per heavy atom. The van der Waals surface area contributed by atoms with Gasteiger partial charge in [0.1, 0.15) is 11.6 Å². The van der Waals surface area contributed by atoms with Gasteiger partial charge in [-0.25, -0.2) is 13.6 Å². The number of hydrogen-bond acceptors (Lipinski definition) is 3. The maximum atomic E-state index is 13.8. The third-order valence-electron chi connectivity index (χ3n) is 5.70. The Morgan fingerprint density at radius 1 is 0.882 bits per heavy atom. The number of ether oxygens (including phenoxy) is 1. The fraction of sp³-hybridized carbons (Fsp3) is 0.111. The van der Waals surface area contributed by atoms with Crippen molar-refractivity contribution in [2.24, 2.45) is 0 Å². The van der Waals surface area contributed by atoms with Crippen LogP contribution in [0.1, 0.15) is 21.6 Å². The van der Waals surface area contributed by atoms with Crippen LogP contribution in [0.3, 0.4) is 0 Å². The molecule has 0 aliphatic carbocycles. The first-order valence-corrected chi connectivity index (χ1v) is 10.7. The summed E-state index contributed by atoms with van der Waals surface area (Å²) in [5.74, 6) is -1.18. The van der Waals surface area contributed by atoms with Crippen LogP contribution in [-0.4, -0.2) is 27.4 Å². The molecule has 5 aromatic rings. The maximum absolute atomic E-state index is 13.8. The number of fused-ring (bicyclic) bond motifs is 1. The van der Waals surface area contributed by atoms with Gasteiger partial charge in [-0.1, -0.05) is 42.5 Å². The van der Waals surface area contributed by atoms with E-state index in [1.54, 1.807) is 28.9 Å². The predicted octanol–water partition coefficient (Wildman–Crippen LogP) is 5.67. The van der Waals surface area contributed by atoms with Gasteiger partial charge in [-0.3, -0.25) is 4.68 Å². The van der Waals surface area contributed by atoms with Gasteiger partial charge in [0.05, 0.1) is 19.3 Å². The number of hydrogen-bond donors (Lipinski definition) is 0. The van der Waals surface area contributed by atoms with Crippen LogP contribution < -0.4 is 0 Å². The molecule has 0 atom stereocenters. The number of methoxy groups -OCH3 is 1. The number of carbonyl (C=O) groups is 1. The summed E-state index contributed by atoms with van der Waals surface area (Å²) in [6.45, 7) is 0.744. The van der Waals surface area contributed by atoms with E-state index in [4.69, 9.17) is 4.74 Å². The summed E-state index contributed by atoms with van der Waals surface area (Å²) >= 11 is 0. The summed E-state index contributed by atoms with van der Waals surface area (Å²) in [6.07, 6.45) is 1.97. The van der Waals surface area contributed by atoms with E-state index >= 15 is 0 Å². The number of aromatic nitrogens is 3. The van der Waals surface area contributed by atoms with Crippen LogP contribution >= 0.6 is 0 Å². The van der Waals surface area contributed by atoms with Crippen molar-refractivity contribution in [2.45, 2.75) is 13.1 Å². The molecule has 5 rings (SSSR count). The van der Waals surface area contributed by atoms with Crippen molar-refractivity contribution < 1.29 is 18.3 Å². The molecule has 2 aromatic heterocycles. The van der Waals surface area contributed by atoms with Gasteiger partial charge in [0.25, 0.3) is 0 Å². The first kappa shape index (κ1) is 21.6. The van der Waals surface area contributed by atoms with E-state index in [0.717, 1.165) is 22.0 Å². The lowest BCUT2D eigenvalue weighted by Crippen LogP contribution is -2.07. The summed E-state index contributed by atoms with van der Waals surface area (Å²) in [7, 11) is 1.30. The molecular weight excluding hydrogens is 436 g/mol. The summed E-state index contributed by atoms with van der Waals surface area (Å²) in [5, 5.41) is 5.41. The Hall–Kier alpha value is -4.26. The molecule has 0 aliphatic heterocycles. The maximum Gasteiger partial charge on any atom is 0.358 e. The Labute approximate surface area is 194 Å². The molecule has 7 heteroatoms. The van der Waals surface area contributed by atoms with Crippen LogP contribution in [0.4, 0.5) is 8.78 Å². The first-order chi connectivity index (χ1) is 16.5. The van der Waals surface area contributed by atoms with Crippen LogP contribution in [0, 0.1) is 11.6 Å². The number of para-hydroxylation sites is 1. The standard InChI is InChI=1S/C27H21F2N3O2/c1-34-27(33)24-14-26(32(30-24)16-19-7-5-9-21(29)13-19)23-17-31(25-11-3-2-10-22(23)25)15-18-6-4-8-20(28)12-18/h2-14,17H,15-16H2,1H3. The topological polar surface area (TPSA) is 49.0 Å². The molecule has 0 fully saturated rings. The monoisotopic (exact) mass is 457 g/mol. The second-order valence-electron chi connectivity index (χ2n) is 8.01. The van der Waals surface area contributed by atoms with E-state index in [1.165, 1.54) is 31.4 Å². The highest BCUT2D eigenvalue weighted by molar-refractivity contribution is 5.97. The van der Waals surface area contributed by atoms with Crippen LogP contribution in [-0.2, 0) is 17.8 Å². The number of benzene rings is 3. The highest BCUT2D eigenvalue weighted by atomic mass is 19.1. The second-order valence-corrected chi connectivity index (χ2v) is 8.01. The zero-order chi connectivity index (χ0) is 23.7. The molecule has 0 bridgehead atoms. The summed E-state index contributed by atoms with van der Waals surface area (Å²) in [5.41, 5.74) is 4.21. The summed E-state index contributed by atoms with van der Waals surface area (Å²) < 4.78 is 36.1. The molecule has 0 spiro atoms. The minimum atomic E-state index is -0.553. The Balaban J connectivity index is 1.64. The average Bonchev–Trinajstić information content (AvgIpc) is 3.40. The van der Waals surface area contributed by atoms with E-state index in [-0.39, 0.29) is 23.9 Å². The predicted molar refractivity (Wildman–Crippen MR) is 126 cm³/mol. The molecule has 170 valence electrons. The fourth-order valence-electron chi connectivity index (χ4n) is 4.18. The van der Waals surface area contributed by atoms with Gasteiger partial charge in [0.15, 0.2) is 5.69 Å². The molecule has 0 N–H and O–H groups in total. The van der Waals surface area contributed by atoms with Crippen molar-refractivity contribution in [1.29, 1.82) is 0 Å². The van der Waals surface area contributed by atoms with Crippen LogP contribution in [0.25, 0.3) is 22.2 Å². The third kappa shape index (κ3) is 4.20. The number of carbonyl (C=O) groups excluding carboxylic acids is 1. The van der Waals surface area contributed by atoms with E-state index in [0.29, 0.717) is 17.8 Å². The van der Waals surface area contributed by atoms with Crippen molar-refractivity contribution in [3.8, 4) is 11.3 Å². The molecular formula is C27H21F2N3O2. The fourth-order valence-corrected chi connectivity index (χ4v) is 4.18. The zero-order valence-electron chi connectivity index (χ0n) is 18.4. The van der Waals surface area contributed by atoms with Crippen LogP contribution in [0.5, 0.6) is 0 Å². The molecule has 5 nitrogen and oxygen atoms in total. The van der Waals surface area contributed by atoms with Gasteiger partial charge < -0.3 is 9.30 Å². The van der Waals surface area contributed by atoms with Gasteiger partial charge in [-0.15, -0.1) is 0 Å². The molecule has 0 unspecified atom stereocenters. The van der Waals surface area contributed by atoms with Crippen molar-refractivity contribution in [1.82, 2.24) is 14.3 Å². The highest BCUT2D eigenvalue weighted by Gasteiger charge is 2.20. The van der Waals surface area contributed by atoms with Gasteiger partial charge in [0.2, 0.25) is 0 Å². The first-order valence-electron chi connectivity index (χ1n) is 10.7. The van der Waals surface area contributed by atoms with E-state index in [1.807, 2.05) is 41.1 Å². The zero-order valence-corrected chi connectivity index (χ0v) is 18.4. The van der Waals surface area contributed by atoms with E-state index in [2.05, 4.69) is 5.10 Å². The molecule has 3 aromatic carbocycles. The molecule has 2 heterocycles. The average molecular weight is 457 g/mol. The van der Waals surface area contributed by atoms with E-state index < -0.39 is 5.97 Å². The second kappa shape index (κ2) is 8.94. The lowest BCUT2D eigenvalue weighted by Gasteiger charge is -2.07. The largest absolute Gasteiger partial charge is 0.464 e. The molecule has 0 amide bonds. The normalized spacial score (nSPS) is 11.1. The molecule has 34 heavy (non-hydrogen) atoms. The summed E-state index contributed by atoms with van der Waals surface area (Å²) in [4.78, 5) is 12.3. The molecule has 0 aliphatic rings. The Kier molecular flexibility index (Phi) is 5.67. The van der Waals surface area contributed by atoms with Crippen molar-refractivity contribution in [3.05, 3.63) is 114 Å². The lowest BCUT2D eigenvalue weighted by molar-refractivity contribution is 0.0593. The summed E-state index contributed by atoms with van der Waals surface area (Å²) in [6, 6.07) is 22.3. The van der Waals surface area contributed by atoms with Gasteiger partial charge >= 0.3 is 5.97 Å². The van der Waals surface area contributed by atoms with Gasteiger partial charge in [0, 0.05) is 29.2 Å². The number of halogens is 2. The number of esters is 1. The molecule has 0 saturated carbocycles. The Morgan fingerprint density at radius 2 is 1.56 bits per heavy atom. The smallest absolute Gasteiger partial charge is 0.358 e. The minimum absolute atomic E-state index is 0.163. The van der Waals surface area contributed by atoms with Crippen molar-refractivity contribution in [2.75, 3.05) is 7.11 Å². The van der Waals surface area contributed by atoms with E-state index in [9.17, 15) is 13.6 Å². The minimum Gasteiger partial charge on any atom is -0.464 e. The molecule has 0 saturated heterocycles. The molecule has 0 radical (unpaired) electrons. The van der Waals surface area contributed by atoms with Crippen LogP contribution in [0.2, 0.25) is 0 Å². The van der Waals surface area contributed by atoms with Gasteiger partial charge in [-0.2, -0.15) is 5.10 Å². The van der Waals surface area contributed by atoms with Crippen LogP contribution in [0.15, 0.2) is 85.1 Å². The number of rotatable bonds is 6. The third-order valence-corrected chi connectivity index (χ3v) is 5.70. The quantitative estimate of drug-likeness (QED) is 0.309. The highest BCUT2D eigenvalue weighted by Crippen LogP contribution is 2.32. The van der Waals surface area contributed by atoms with Crippen molar-refractivity contribution >= 4 is 16.9 Å². The Bertz CT molecular complexity index is 1500. The van der Waals surface area contributed by atoms with Crippen molar-refractivity contribution in [3.63, 3.8) is 0 Å².